The number of rotatable bonds is 5. The first-order chi connectivity index (χ1) is 7.27. The highest BCUT2D eigenvalue weighted by atomic mass is 16.3. The summed E-state index contributed by atoms with van der Waals surface area (Å²) in [4.78, 5) is 0. The zero-order valence-electron chi connectivity index (χ0n) is 8.58. The lowest BCUT2D eigenvalue weighted by atomic mass is 10.0. The van der Waals surface area contributed by atoms with E-state index in [-0.39, 0.29) is 12.5 Å². The first kappa shape index (κ1) is 11.7. The molecule has 2 heteroatoms. The van der Waals surface area contributed by atoms with Gasteiger partial charge in [-0.3, -0.25) is 0 Å². The normalized spacial score (nSPS) is 15.1. The summed E-state index contributed by atoms with van der Waals surface area (Å²) in [5.74, 6) is -0.301. The third kappa shape index (κ3) is 3.70. The van der Waals surface area contributed by atoms with Crippen LogP contribution in [0.2, 0.25) is 0 Å². The van der Waals surface area contributed by atoms with Crippen molar-refractivity contribution in [2.75, 3.05) is 6.61 Å². The molecule has 0 amide bonds. The van der Waals surface area contributed by atoms with E-state index in [4.69, 9.17) is 5.11 Å². The first-order valence-electron chi connectivity index (χ1n) is 4.92. The average molecular weight is 204 g/mol. The van der Waals surface area contributed by atoms with E-state index < -0.39 is 6.10 Å². The molecule has 80 valence electrons. The van der Waals surface area contributed by atoms with E-state index in [0.717, 1.165) is 5.56 Å². The summed E-state index contributed by atoms with van der Waals surface area (Å²) < 4.78 is 0. The molecule has 0 aliphatic heterocycles. The molecule has 0 fully saturated rings. The van der Waals surface area contributed by atoms with Gasteiger partial charge in [0.25, 0.3) is 0 Å². The smallest absolute Gasteiger partial charge is 0.0808 e. The van der Waals surface area contributed by atoms with Crippen molar-refractivity contribution in [2.45, 2.75) is 6.10 Å². The molecule has 0 unspecified atom stereocenters. The number of aliphatic hydroxyl groups is 2. The third-order valence-electron chi connectivity index (χ3n) is 2.24. The molecule has 2 atom stereocenters. The maximum Gasteiger partial charge on any atom is 0.0808 e. The van der Waals surface area contributed by atoms with Crippen LogP contribution in [0.5, 0.6) is 0 Å². The summed E-state index contributed by atoms with van der Waals surface area (Å²) in [5, 5.41) is 18.6. The van der Waals surface area contributed by atoms with Crippen LogP contribution in [-0.4, -0.2) is 22.9 Å². The number of hydrogen-bond donors (Lipinski definition) is 2. The summed E-state index contributed by atoms with van der Waals surface area (Å²) in [6, 6.07) is 9.70. The van der Waals surface area contributed by atoms with E-state index >= 15 is 0 Å². The lowest BCUT2D eigenvalue weighted by Crippen LogP contribution is -2.19. The molecule has 0 aromatic heterocycles. The molecule has 1 aromatic rings. The fourth-order valence-electron chi connectivity index (χ4n) is 1.24. The Morgan fingerprint density at radius 2 is 1.93 bits per heavy atom. The minimum atomic E-state index is -0.687. The van der Waals surface area contributed by atoms with Crippen molar-refractivity contribution in [3.05, 3.63) is 54.6 Å². The van der Waals surface area contributed by atoms with Crippen LogP contribution in [-0.2, 0) is 0 Å². The Kier molecular flexibility index (Phi) is 4.81. The van der Waals surface area contributed by atoms with Gasteiger partial charge in [0, 0.05) is 5.92 Å². The molecule has 0 bridgehead atoms. The highest BCUT2D eigenvalue weighted by Crippen LogP contribution is 2.08. The minimum Gasteiger partial charge on any atom is -0.396 e. The Labute approximate surface area is 90.2 Å². The van der Waals surface area contributed by atoms with Crippen LogP contribution in [0.15, 0.2) is 49.1 Å². The largest absolute Gasteiger partial charge is 0.396 e. The first-order valence-corrected chi connectivity index (χ1v) is 4.92. The van der Waals surface area contributed by atoms with E-state index in [0.29, 0.717) is 0 Å². The van der Waals surface area contributed by atoms with Crippen molar-refractivity contribution in [3.63, 3.8) is 0 Å². The lowest BCUT2D eigenvalue weighted by molar-refractivity contribution is 0.128. The molecule has 0 saturated carbocycles. The maximum absolute atomic E-state index is 9.65. The molecule has 0 spiro atoms. The van der Waals surface area contributed by atoms with Crippen LogP contribution in [0.25, 0.3) is 6.08 Å². The van der Waals surface area contributed by atoms with Gasteiger partial charge in [0.05, 0.1) is 12.7 Å². The van der Waals surface area contributed by atoms with Gasteiger partial charge < -0.3 is 10.2 Å². The molecule has 15 heavy (non-hydrogen) atoms. The van der Waals surface area contributed by atoms with Crippen LogP contribution in [0, 0.1) is 5.92 Å². The van der Waals surface area contributed by atoms with Crippen LogP contribution in [0.4, 0.5) is 0 Å². The van der Waals surface area contributed by atoms with Gasteiger partial charge >= 0.3 is 0 Å². The zero-order chi connectivity index (χ0) is 11.1. The van der Waals surface area contributed by atoms with Crippen molar-refractivity contribution in [2.24, 2.45) is 5.92 Å². The fraction of sp³-hybridized carbons (Fsp3) is 0.231. The van der Waals surface area contributed by atoms with Gasteiger partial charge in [-0.05, 0) is 5.56 Å². The summed E-state index contributed by atoms with van der Waals surface area (Å²) in [6.07, 6.45) is 4.36. The predicted molar refractivity (Wildman–Crippen MR) is 62.3 cm³/mol. The Balaban J connectivity index is 2.61. The van der Waals surface area contributed by atoms with Crippen molar-refractivity contribution in [3.8, 4) is 0 Å². The SMILES string of the molecule is C=C[C@H](CO)[C@H](O)/C=C/c1ccccc1. The second kappa shape index (κ2) is 6.17. The molecule has 2 N–H and O–H groups in total. The van der Waals surface area contributed by atoms with Crippen LogP contribution in [0.1, 0.15) is 5.56 Å². The summed E-state index contributed by atoms with van der Waals surface area (Å²) in [7, 11) is 0. The standard InChI is InChI=1S/C13H16O2/c1-2-12(10-14)13(15)9-8-11-6-4-3-5-7-11/h2-9,12-15H,1,10H2/b9-8+/t12-,13-/m1/s1. The van der Waals surface area contributed by atoms with Crippen LogP contribution in [0.3, 0.4) is 0 Å². The van der Waals surface area contributed by atoms with Gasteiger partial charge in [0.1, 0.15) is 0 Å². The fourth-order valence-corrected chi connectivity index (χ4v) is 1.24. The molecular weight excluding hydrogens is 188 g/mol. The van der Waals surface area contributed by atoms with E-state index in [1.54, 1.807) is 12.2 Å². The molecule has 2 nitrogen and oxygen atoms in total. The molecule has 0 aliphatic carbocycles. The maximum atomic E-state index is 9.65. The molecule has 1 aromatic carbocycles. The molecule has 1 rings (SSSR count). The highest BCUT2D eigenvalue weighted by molar-refractivity contribution is 5.49. The van der Waals surface area contributed by atoms with Crippen molar-refractivity contribution in [1.29, 1.82) is 0 Å². The van der Waals surface area contributed by atoms with E-state index in [1.807, 2.05) is 36.4 Å². The molecule has 0 radical (unpaired) electrons. The van der Waals surface area contributed by atoms with Crippen LogP contribution < -0.4 is 0 Å². The van der Waals surface area contributed by atoms with E-state index in [2.05, 4.69) is 6.58 Å². The second-order valence-electron chi connectivity index (χ2n) is 3.34. The average Bonchev–Trinajstić information content (AvgIpc) is 2.29. The quantitative estimate of drug-likeness (QED) is 0.719. The second-order valence-corrected chi connectivity index (χ2v) is 3.34. The number of benzene rings is 1. The Morgan fingerprint density at radius 1 is 1.27 bits per heavy atom. The van der Waals surface area contributed by atoms with Crippen LogP contribution >= 0.6 is 0 Å². The van der Waals surface area contributed by atoms with Gasteiger partial charge in [-0.15, -0.1) is 6.58 Å². The number of aliphatic hydroxyl groups excluding tert-OH is 2. The van der Waals surface area contributed by atoms with Crippen molar-refractivity contribution >= 4 is 6.08 Å². The van der Waals surface area contributed by atoms with Gasteiger partial charge in [-0.2, -0.15) is 0 Å². The summed E-state index contributed by atoms with van der Waals surface area (Å²) >= 11 is 0. The van der Waals surface area contributed by atoms with Gasteiger partial charge in [-0.25, -0.2) is 0 Å². The van der Waals surface area contributed by atoms with Gasteiger partial charge in [0.2, 0.25) is 0 Å². The zero-order valence-corrected chi connectivity index (χ0v) is 8.58. The van der Waals surface area contributed by atoms with E-state index in [9.17, 15) is 5.11 Å². The lowest BCUT2D eigenvalue weighted by Gasteiger charge is -2.12. The minimum absolute atomic E-state index is 0.0935. The Bertz CT molecular complexity index is 317. The topological polar surface area (TPSA) is 40.5 Å². The highest BCUT2D eigenvalue weighted by Gasteiger charge is 2.10. The van der Waals surface area contributed by atoms with Gasteiger partial charge in [0.15, 0.2) is 0 Å². The third-order valence-corrected chi connectivity index (χ3v) is 2.24. The Morgan fingerprint density at radius 3 is 2.47 bits per heavy atom. The summed E-state index contributed by atoms with van der Waals surface area (Å²) in [6.45, 7) is 3.46. The van der Waals surface area contributed by atoms with Gasteiger partial charge in [-0.1, -0.05) is 48.6 Å². The molecular formula is C13H16O2. The predicted octanol–water partition coefficient (Wildman–Crippen LogP) is 1.86. The molecule has 0 saturated heterocycles. The van der Waals surface area contributed by atoms with Crippen molar-refractivity contribution < 1.29 is 10.2 Å². The molecule has 0 heterocycles. The number of hydrogen-bond acceptors (Lipinski definition) is 2. The van der Waals surface area contributed by atoms with E-state index in [1.165, 1.54) is 0 Å². The summed E-state index contributed by atoms with van der Waals surface area (Å²) in [5.41, 5.74) is 1.03. The van der Waals surface area contributed by atoms with Crippen molar-refractivity contribution in [1.82, 2.24) is 0 Å². The Hall–Kier alpha value is -1.38. The monoisotopic (exact) mass is 204 g/mol. The molecule has 0 aliphatic rings.